The fraction of sp³-hybridized carbons (Fsp3) is 0.625. The summed E-state index contributed by atoms with van der Waals surface area (Å²) >= 11 is 1.86. The molecule has 0 spiro atoms. The zero-order chi connectivity index (χ0) is 14.8. The van der Waals surface area contributed by atoms with Gasteiger partial charge in [-0.25, -0.2) is 9.97 Å². The van der Waals surface area contributed by atoms with Crippen molar-refractivity contribution < 1.29 is 9.64 Å². The quantitative estimate of drug-likeness (QED) is 0.879. The minimum Gasteiger partial charge on any atom is -0.370 e. The number of hydrogen-bond donors (Lipinski definition) is 2. The lowest BCUT2D eigenvalue weighted by Gasteiger charge is -2.23. The summed E-state index contributed by atoms with van der Waals surface area (Å²) in [5.41, 5.74) is 1.51. The molecule has 0 aromatic carbocycles. The van der Waals surface area contributed by atoms with Crippen molar-refractivity contribution in [2.45, 2.75) is 25.7 Å². The van der Waals surface area contributed by atoms with E-state index in [1.807, 2.05) is 11.3 Å². The molecular weight excluding hydrogens is 296 g/mol. The Morgan fingerprint density at radius 3 is 2.95 bits per heavy atom. The average molecular weight is 319 g/mol. The molecule has 22 heavy (non-hydrogen) atoms. The van der Waals surface area contributed by atoms with E-state index in [0.717, 1.165) is 50.0 Å². The lowest BCUT2D eigenvalue weighted by molar-refractivity contribution is -0.906. The summed E-state index contributed by atoms with van der Waals surface area (Å²) in [7, 11) is 0. The van der Waals surface area contributed by atoms with Crippen LogP contribution in [0.4, 0.5) is 5.82 Å². The number of morpholine rings is 1. The minimum atomic E-state index is 0.894. The van der Waals surface area contributed by atoms with Crippen LogP contribution in [0.2, 0.25) is 0 Å². The molecule has 1 fully saturated rings. The summed E-state index contributed by atoms with van der Waals surface area (Å²) in [6.07, 6.45) is 6.72. The third-order valence-electron chi connectivity index (χ3n) is 4.72. The molecule has 6 heteroatoms. The third-order valence-corrected chi connectivity index (χ3v) is 5.92. The first-order valence-corrected chi connectivity index (χ1v) is 9.14. The van der Waals surface area contributed by atoms with Gasteiger partial charge in [0.05, 0.1) is 31.7 Å². The van der Waals surface area contributed by atoms with Crippen LogP contribution >= 0.6 is 11.3 Å². The number of hydrogen-bond acceptors (Lipinski definition) is 5. The summed E-state index contributed by atoms with van der Waals surface area (Å²) in [6, 6.07) is 0. The molecule has 0 unspecified atom stereocenters. The van der Waals surface area contributed by atoms with E-state index in [4.69, 9.17) is 4.74 Å². The maximum atomic E-state index is 5.41. The third kappa shape index (κ3) is 2.83. The van der Waals surface area contributed by atoms with E-state index in [-0.39, 0.29) is 0 Å². The maximum Gasteiger partial charge on any atom is 0.138 e. The topological polar surface area (TPSA) is 51.5 Å². The van der Waals surface area contributed by atoms with Gasteiger partial charge in [0.1, 0.15) is 30.1 Å². The molecule has 0 amide bonds. The largest absolute Gasteiger partial charge is 0.370 e. The molecular formula is C16H23N4OS+. The Balaban J connectivity index is 1.50. The van der Waals surface area contributed by atoms with Gasteiger partial charge in [0, 0.05) is 4.88 Å². The van der Waals surface area contributed by atoms with Crippen molar-refractivity contribution in [2.24, 2.45) is 0 Å². The van der Waals surface area contributed by atoms with Gasteiger partial charge in [-0.15, -0.1) is 11.3 Å². The molecule has 0 saturated carbocycles. The molecule has 1 saturated heterocycles. The normalized spacial score (nSPS) is 19.3. The number of nitrogens with zero attached hydrogens (tertiary/aromatic N) is 2. The highest BCUT2D eigenvalue weighted by atomic mass is 32.1. The van der Waals surface area contributed by atoms with Crippen LogP contribution in [0, 0.1) is 0 Å². The number of aromatic nitrogens is 2. The van der Waals surface area contributed by atoms with Gasteiger partial charge in [0.25, 0.3) is 0 Å². The molecule has 2 aliphatic rings. The Bertz CT molecular complexity index is 651. The zero-order valence-corrected chi connectivity index (χ0v) is 13.7. The van der Waals surface area contributed by atoms with Crippen LogP contribution in [-0.4, -0.2) is 49.4 Å². The van der Waals surface area contributed by atoms with E-state index in [0.29, 0.717) is 0 Å². The molecule has 4 rings (SSSR count). The van der Waals surface area contributed by atoms with Crippen molar-refractivity contribution in [3.8, 4) is 0 Å². The zero-order valence-electron chi connectivity index (χ0n) is 12.9. The van der Waals surface area contributed by atoms with Gasteiger partial charge in [-0.1, -0.05) is 0 Å². The van der Waals surface area contributed by atoms with Crippen LogP contribution < -0.4 is 10.2 Å². The van der Waals surface area contributed by atoms with Crippen molar-refractivity contribution >= 4 is 27.4 Å². The number of fused-ring (bicyclic) bond motifs is 3. The summed E-state index contributed by atoms with van der Waals surface area (Å²) in [6.45, 7) is 6.12. The fourth-order valence-corrected chi connectivity index (χ4v) is 4.72. The first kappa shape index (κ1) is 14.4. The van der Waals surface area contributed by atoms with Crippen molar-refractivity contribution in [3.63, 3.8) is 0 Å². The number of nitrogens with one attached hydrogen (secondary N) is 2. The maximum absolute atomic E-state index is 5.41. The number of thiophene rings is 1. The molecule has 2 aromatic heterocycles. The molecule has 5 nitrogen and oxygen atoms in total. The molecule has 1 aliphatic carbocycles. The van der Waals surface area contributed by atoms with Crippen molar-refractivity contribution in [3.05, 3.63) is 16.8 Å². The van der Waals surface area contributed by atoms with Gasteiger partial charge in [-0.2, -0.15) is 0 Å². The lowest BCUT2D eigenvalue weighted by Crippen LogP contribution is -3.14. The van der Waals surface area contributed by atoms with Crippen LogP contribution in [0.1, 0.15) is 23.3 Å². The standard InChI is InChI=1S/C16H22N4OS/c1-2-4-13-12(3-1)14-15(18-11-19-16(14)22-13)17-5-6-20-7-9-21-10-8-20/h11H,1-10H2,(H,17,18,19)/p+1. The second kappa shape index (κ2) is 6.48. The number of anilines is 1. The van der Waals surface area contributed by atoms with E-state index < -0.39 is 0 Å². The monoisotopic (exact) mass is 319 g/mol. The Morgan fingerprint density at radius 2 is 2.05 bits per heavy atom. The summed E-state index contributed by atoms with van der Waals surface area (Å²) in [5.74, 6) is 1.04. The van der Waals surface area contributed by atoms with Crippen LogP contribution in [0.15, 0.2) is 6.33 Å². The van der Waals surface area contributed by atoms with Gasteiger partial charge >= 0.3 is 0 Å². The number of ether oxygens (including phenoxy) is 1. The minimum absolute atomic E-state index is 0.894. The molecule has 0 atom stereocenters. The Labute approximate surface area is 134 Å². The van der Waals surface area contributed by atoms with Crippen molar-refractivity contribution in [1.29, 1.82) is 0 Å². The van der Waals surface area contributed by atoms with E-state index >= 15 is 0 Å². The van der Waals surface area contributed by atoms with Crippen LogP contribution in [0.25, 0.3) is 10.2 Å². The first-order chi connectivity index (χ1) is 10.9. The highest BCUT2D eigenvalue weighted by molar-refractivity contribution is 7.19. The Morgan fingerprint density at radius 1 is 1.18 bits per heavy atom. The van der Waals surface area contributed by atoms with Crippen LogP contribution in [0.5, 0.6) is 0 Å². The predicted molar refractivity (Wildman–Crippen MR) is 88.9 cm³/mol. The molecule has 2 aromatic rings. The van der Waals surface area contributed by atoms with Gasteiger partial charge < -0.3 is 15.0 Å². The molecule has 1 aliphatic heterocycles. The summed E-state index contributed by atoms with van der Waals surface area (Å²) in [4.78, 5) is 13.3. The lowest BCUT2D eigenvalue weighted by atomic mass is 9.97. The van der Waals surface area contributed by atoms with Gasteiger partial charge in [-0.3, -0.25) is 0 Å². The smallest absolute Gasteiger partial charge is 0.138 e. The summed E-state index contributed by atoms with van der Waals surface area (Å²) < 4.78 is 5.41. The van der Waals surface area contributed by atoms with Gasteiger partial charge in [0.15, 0.2) is 0 Å². The number of rotatable bonds is 4. The molecule has 118 valence electrons. The van der Waals surface area contributed by atoms with Gasteiger partial charge in [0.2, 0.25) is 0 Å². The van der Waals surface area contributed by atoms with E-state index in [1.165, 1.54) is 41.5 Å². The molecule has 0 bridgehead atoms. The highest BCUT2D eigenvalue weighted by Gasteiger charge is 2.20. The molecule has 0 radical (unpaired) electrons. The Kier molecular flexibility index (Phi) is 4.23. The van der Waals surface area contributed by atoms with Crippen LogP contribution in [0.3, 0.4) is 0 Å². The molecule has 3 heterocycles. The second-order valence-corrected chi connectivity index (χ2v) is 7.24. The average Bonchev–Trinajstić information content (AvgIpc) is 2.95. The predicted octanol–water partition coefficient (Wildman–Crippen LogP) is 0.897. The Hall–Kier alpha value is -1.24. The van der Waals surface area contributed by atoms with Gasteiger partial charge in [-0.05, 0) is 31.2 Å². The van der Waals surface area contributed by atoms with Crippen molar-refractivity contribution in [2.75, 3.05) is 44.7 Å². The van der Waals surface area contributed by atoms with E-state index in [1.54, 1.807) is 11.2 Å². The number of quaternary nitrogens is 1. The SMILES string of the molecule is c1nc(NCC[NH+]2CCOCC2)c2c3c(sc2n1)CCCC3. The fourth-order valence-electron chi connectivity index (χ4n) is 3.49. The first-order valence-electron chi connectivity index (χ1n) is 8.32. The second-order valence-electron chi connectivity index (χ2n) is 6.15. The van der Waals surface area contributed by atoms with Crippen LogP contribution in [-0.2, 0) is 17.6 Å². The number of aryl methyl sites for hydroxylation is 2. The summed E-state index contributed by atoms with van der Waals surface area (Å²) in [5, 5.41) is 4.86. The van der Waals surface area contributed by atoms with Crippen molar-refractivity contribution in [1.82, 2.24) is 9.97 Å². The molecule has 2 N–H and O–H groups in total. The van der Waals surface area contributed by atoms with E-state index in [9.17, 15) is 0 Å². The van der Waals surface area contributed by atoms with E-state index in [2.05, 4.69) is 15.3 Å². The highest BCUT2D eigenvalue weighted by Crippen LogP contribution is 2.37.